The van der Waals surface area contributed by atoms with E-state index in [2.05, 4.69) is 20.4 Å². The molecule has 0 saturated carbocycles. The highest BCUT2D eigenvalue weighted by molar-refractivity contribution is 5.74. The van der Waals surface area contributed by atoms with Crippen molar-refractivity contribution in [1.82, 2.24) is 19.7 Å². The van der Waals surface area contributed by atoms with Crippen LogP contribution < -0.4 is 5.32 Å². The summed E-state index contributed by atoms with van der Waals surface area (Å²) in [5, 5.41) is 7.12. The molecule has 0 fully saturated rings. The second-order valence-electron chi connectivity index (χ2n) is 4.29. The van der Waals surface area contributed by atoms with Gasteiger partial charge in [-0.2, -0.15) is 10.1 Å². The van der Waals surface area contributed by atoms with Gasteiger partial charge in [0.25, 0.3) is 6.01 Å². The zero-order valence-corrected chi connectivity index (χ0v) is 10.2. The fourth-order valence-electron chi connectivity index (χ4n) is 1.83. The van der Waals surface area contributed by atoms with Gasteiger partial charge in [0.15, 0.2) is 5.58 Å². The van der Waals surface area contributed by atoms with Crippen molar-refractivity contribution in [3.63, 3.8) is 0 Å². The van der Waals surface area contributed by atoms with Crippen molar-refractivity contribution >= 4 is 17.1 Å². The molecule has 0 saturated heterocycles. The van der Waals surface area contributed by atoms with Crippen LogP contribution in [0, 0.1) is 5.82 Å². The third-order valence-corrected chi connectivity index (χ3v) is 2.65. The normalized spacial score (nSPS) is 12.7. The molecule has 0 aliphatic carbocycles. The summed E-state index contributed by atoms with van der Waals surface area (Å²) in [6, 6.07) is 4.67. The monoisotopic (exact) mass is 261 g/mol. The molecule has 98 valence electrons. The first-order chi connectivity index (χ1) is 9.20. The maximum Gasteiger partial charge on any atom is 0.295 e. The Hall–Kier alpha value is -2.44. The van der Waals surface area contributed by atoms with E-state index in [9.17, 15) is 4.39 Å². The van der Waals surface area contributed by atoms with E-state index in [0.29, 0.717) is 23.7 Å². The van der Waals surface area contributed by atoms with Gasteiger partial charge < -0.3 is 9.73 Å². The molecule has 3 aromatic rings. The van der Waals surface area contributed by atoms with Crippen LogP contribution in [0.15, 0.2) is 35.3 Å². The Morgan fingerprint density at radius 1 is 1.47 bits per heavy atom. The zero-order chi connectivity index (χ0) is 13.2. The lowest BCUT2D eigenvalue weighted by atomic mass is 10.3. The molecule has 19 heavy (non-hydrogen) atoms. The lowest BCUT2D eigenvalue weighted by Gasteiger charge is -2.11. The van der Waals surface area contributed by atoms with Crippen LogP contribution in [0.25, 0.3) is 11.1 Å². The van der Waals surface area contributed by atoms with Gasteiger partial charge in [0, 0.05) is 12.1 Å². The number of anilines is 1. The number of benzene rings is 1. The van der Waals surface area contributed by atoms with Gasteiger partial charge in [0.2, 0.25) is 0 Å². The van der Waals surface area contributed by atoms with Gasteiger partial charge in [0.1, 0.15) is 24.0 Å². The molecular weight excluding hydrogens is 249 g/mol. The summed E-state index contributed by atoms with van der Waals surface area (Å²) in [6.45, 7) is 2.60. The number of oxazole rings is 1. The van der Waals surface area contributed by atoms with Gasteiger partial charge in [-0.1, -0.05) is 0 Å². The number of nitrogens with zero attached hydrogens (tertiary/aromatic N) is 4. The van der Waals surface area contributed by atoms with Crippen LogP contribution in [0.4, 0.5) is 10.4 Å². The Kier molecular flexibility index (Phi) is 2.86. The highest BCUT2D eigenvalue weighted by Crippen LogP contribution is 2.20. The summed E-state index contributed by atoms with van der Waals surface area (Å²) in [4.78, 5) is 8.05. The number of nitrogens with one attached hydrogen (secondary N) is 1. The van der Waals surface area contributed by atoms with Crippen LogP contribution in [0.1, 0.15) is 6.92 Å². The SMILES string of the molecule is CC(Cn1cncn1)Nc1nc2cc(F)ccc2o1. The van der Waals surface area contributed by atoms with E-state index in [0.717, 1.165) is 0 Å². The van der Waals surface area contributed by atoms with E-state index in [1.54, 1.807) is 17.1 Å². The Morgan fingerprint density at radius 3 is 3.16 bits per heavy atom. The Morgan fingerprint density at radius 2 is 2.37 bits per heavy atom. The van der Waals surface area contributed by atoms with Gasteiger partial charge in [-0.3, -0.25) is 4.68 Å². The average molecular weight is 261 g/mol. The number of halogens is 1. The van der Waals surface area contributed by atoms with Crippen LogP contribution in [0.2, 0.25) is 0 Å². The van der Waals surface area contributed by atoms with E-state index in [1.165, 1.54) is 18.5 Å². The number of aromatic nitrogens is 4. The summed E-state index contributed by atoms with van der Waals surface area (Å²) >= 11 is 0. The molecule has 0 spiro atoms. The highest BCUT2D eigenvalue weighted by atomic mass is 19.1. The number of rotatable bonds is 4. The quantitative estimate of drug-likeness (QED) is 0.778. The topological polar surface area (TPSA) is 68.8 Å². The summed E-state index contributed by atoms with van der Waals surface area (Å²) in [6.07, 6.45) is 3.12. The molecule has 7 heteroatoms. The summed E-state index contributed by atoms with van der Waals surface area (Å²) in [5.74, 6) is -0.331. The number of hydrogen-bond donors (Lipinski definition) is 1. The van der Waals surface area contributed by atoms with Crippen LogP contribution in [-0.2, 0) is 6.54 Å². The smallest absolute Gasteiger partial charge is 0.295 e. The Balaban J connectivity index is 1.74. The molecular formula is C12H12FN5O. The van der Waals surface area contributed by atoms with Crippen LogP contribution in [0.3, 0.4) is 0 Å². The van der Waals surface area contributed by atoms with Crippen molar-refractivity contribution in [3.8, 4) is 0 Å². The first-order valence-corrected chi connectivity index (χ1v) is 5.86. The number of hydrogen-bond acceptors (Lipinski definition) is 5. The second kappa shape index (κ2) is 4.68. The minimum atomic E-state index is -0.331. The molecule has 0 bridgehead atoms. The first kappa shape index (κ1) is 11.6. The lowest BCUT2D eigenvalue weighted by molar-refractivity contribution is 0.534. The molecule has 6 nitrogen and oxygen atoms in total. The molecule has 1 N–H and O–H groups in total. The molecule has 0 aliphatic heterocycles. The molecule has 2 aromatic heterocycles. The predicted octanol–water partition coefficient (Wildman–Crippen LogP) is 2.06. The largest absolute Gasteiger partial charge is 0.424 e. The van der Waals surface area contributed by atoms with Gasteiger partial charge >= 0.3 is 0 Å². The maximum atomic E-state index is 13.0. The molecule has 2 heterocycles. The van der Waals surface area contributed by atoms with E-state index >= 15 is 0 Å². The van der Waals surface area contributed by atoms with Crippen LogP contribution >= 0.6 is 0 Å². The van der Waals surface area contributed by atoms with Crippen molar-refractivity contribution in [2.75, 3.05) is 5.32 Å². The summed E-state index contributed by atoms with van der Waals surface area (Å²) in [5.41, 5.74) is 1.05. The van der Waals surface area contributed by atoms with Crippen molar-refractivity contribution < 1.29 is 8.81 Å². The fraction of sp³-hybridized carbons (Fsp3) is 0.250. The van der Waals surface area contributed by atoms with Crippen molar-refractivity contribution in [2.24, 2.45) is 0 Å². The predicted molar refractivity (Wildman–Crippen MR) is 67.1 cm³/mol. The van der Waals surface area contributed by atoms with E-state index in [-0.39, 0.29) is 11.9 Å². The fourth-order valence-corrected chi connectivity index (χ4v) is 1.83. The molecule has 0 radical (unpaired) electrons. The minimum absolute atomic E-state index is 0.0552. The van der Waals surface area contributed by atoms with E-state index in [4.69, 9.17) is 4.42 Å². The summed E-state index contributed by atoms with van der Waals surface area (Å²) < 4.78 is 20.2. The lowest BCUT2D eigenvalue weighted by Crippen LogP contribution is -2.22. The average Bonchev–Trinajstić information content (AvgIpc) is 2.97. The first-order valence-electron chi connectivity index (χ1n) is 5.86. The Labute approximate surface area is 108 Å². The number of fused-ring (bicyclic) bond motifs is 1. The van der Waals surface area contributed by atoms with Gasteiger partial charge in [-0.05, 0) is 19.1 Å². The second-order valence-corrected chi connectivity index (χ2v) is 4.29. The third kappa shape index (κ3) is 2.54. The maximum absolute atomic E-state index is 13.0. The van der Waals surface area contributed by atoms with Crippen LogP contribution in [-0.4, -0.2) is 25.8 Å². The minimum Gasteiger partial charge on any atom is -0.424 e. The molecule has 3 rings (SSSR count). The summed E-state index contributed by atoms with van der Waals surface area (Å²) in [7, 11) is 0. The highest BCUT2D eigenvalue weighted by Gasteiger charge is 2.10. The van der Waals surface area contributed by atoms with Crippen LogP contribution in [0.5, 0.6) is 0 Å². The zero-order valence-electron chi connectivity index (χ0n) is 10.2. The molecule has 1 aromatic carbocycles. The van der Waals surface area contributed by atoms with Gasteiger partial charge in [-0.15, -0.1) is 0 Å². The molecule has 0 aliphatic rings. The van der Waals surface area contributed by atoms with E-state index < -0.39 is 0 Å². The standard InChI is InChI=1S/C12H12FN5O/c1-8(5-18-7-14-6-15-18)16-12-17-10-4-9(13)2-3-11(10)19-12/h2-4,6-8H,5H2,1H3,(H,16,17). The van der Waals surface area contributed by atoms with Gasteiger partial charge in [-0.25, -0.2) is 9.37 Å². The molecule has 0 amide bonds. The van der Waals surface area contributed by atoms with Crippen molar-refractivity contribution in [1.29, 1.82) is 0 Å². The van der Waals surface area contributed by atoms with Crippen molar-refractivity contribution in [3.05, 3.63) is 36.7 Å². The van der Waals surface area contributed by atoms with Gasteiger partial charge in [0.05, 0.1) is 6.54 Å². The Bertz CT molecular complexity index is 679. The third-order valence-electron chi connectivity index (χ3n) is 2.65. The van der Waals surface area contributed by atoms with E-state index in [1.807, 2.05) is 6.92 Å². The molecule has 1 unspecified atom stereocenters. The van der Waals surface area contributed by atoms with Crippen molar-refractivity contribution in [2.45, 2.75) is 19.5 Å². The molecule has 1 atom stereocenters.